The summed E-state index contributed by atoms with van der Waals surface area (Å²) < 4.78 is 2.12. The monoisotopic (exact) mass is 412 g/mol. The van der Waals surface area contributed by atoms with Gasteiger partial charge in [-0.15, -0.1) is 0 Å². The molecule has 0 amide bonds. The molecule has 0 unspecified atom stereocenters. The predicted octanol–water partition coefficient (Wildman–Crippen LogP) is 3.57. The first-order valence-corrected chi connectivity index (χ1v) is 10.9. The van der Waals surface area contributed by atoms with E-state index in [0.29, 0.717) is 0 Å². The van der Waals surface area contributed by atoms with Crippen molar-refractivity contribution in [2.45, 2.75) is 12.8 Å². The third kappa shape index (κ3) is 4.16. The molecular formula is C25H28N6. The Morgan fingerprint density at radius 3 is 2.32 bits per heavy atom. The predicted molar refractivity (Wildman–Crippen MR) is 125 cm³/mol. The summed E-state index contributed by atoms with van der Waals surface area (Å²) in [7, 11) is 4.24. The third-order valence-corrected chi connectivity index (χ3v) is 6.05. The zero-order valence-corrected chi connectivity index (χ0v) is 18.2. The molecule has 0 atom stereocenters. The Bertz CT molecular complexity index is 1180. The van der Waals surface area contributed by atoms with E-state index in [-0.39, 0.29) is 0 Å². The summed E-state index contributed by atoms with van der Waals surface area (Å²) in [5.41, 5.74) is 3.17. The van der Waals surface area contributed by atoms with Crippen molar-refractivity contribution in [1.82, 2.24) is 24.4 Å². The van der Waals surface area contributed by atoms with Crippen LogP contribution in [0.3, 0.4) is 0 Å². The number of para-hydroxylation sites is 1. The van der Waals surface area contributed by atoms with E-state index in [4.69, 9.17) is 15.0 Å². The fourth-order valence-corrected chi connectivity index (χ4v) is 4.19. The average Bonchev–Trinajstić information content (AvgIpc) is 3.19. The van der Waals surface area contributed by atoms with E-state index in [0.717, 1.165) is 78.6 Å². The van der Waals surface area contributed by atoms with Gasteiger partial charge in [0.2, 0.25) is 0 Å². The molecule has 0 N–H and O–H groups in total. The lowest BCUT2D eigenvalue weighted by atomic mass is 10.2. The molecule has 1 aliphatic rings. The van der Waals surface area contributed by atoms with E-state index >= 15 is 0 Å². The van der Waals surface area contributed by atoms with Crippen LogP contribution < -0.4 is 4.90 Å². The van der Waals surface area contributed by atoms with Crippen molar-refractivity contribution in [3.05, 3.63) is 72.4 Å². The molecule has 31 heavy (non-hydrogen) atoms. The fraction of sp³-hybridized carbons (Fsp3) is 0.320. The Hall–Kier alpha value is -3.25. The molecule has 1 fully saturated rings. The van der Waals surface area contributed by atoms with Crippen molar-refractivity contribution >= 4 is 16.7 Å². The summed E-state index contributed by atoms with van der Waals surface area (Å²) in [6.45, 7) is 4.11. The third-order valence-electron chi connectivity index (χ3n) is 6.05. The Balaban J connectivity index is 1.40. The highest BCUT2D eigenvalue weighted by molar-refractivity contribution is 5.89. The fourth-order valence-electron chi connectivity index (χ4n) is 4.19. The van der Waals surface area contributed by atoms with Gasteiger partial charge >= 0.3 is 0 Å². The normalized spacial score (nSPS) is 15.0. The number of imidazole rings is 1. The summed E-state index contributed by atoms with van der Waals surface area (Å²) >= 11 is 0. The zero-order chi connectivity index (χ0) is 21.2. The number of hydrogen-bond acceptors (Lipinski definition) is 5. The Kier molecular flexibility index (Phi) is 5.38. The van der Waals surface area contributed by atoms with Gasteiger partial charge in [-0.05, 0) is 19.2 Å². The summed E-state index contributed by atoms with van der Waals surface area (Å²) in [6, 6.07) is 18.7. The average molecular weight is 413 g/mol. The van der Waals surface area contributed by atoms with E-state index in [1.807, 2.05) is 18.2 Å². The van der Waals surface area contributed by atoms with Gasteiger partial charge in [0, 0.05) is 63.2 Å². The van der Waals surface area contributed by atoms with Crippen LogP contribution in [0.2, 0.25) is 0 Å². The second-order valence-electron chi connectivity index (χ2n) is 8.29. The molecule has 2 aromatic carbocycles. The first-order chi connectivity index (χ1) is 15.2. The number of hydrogen-bond donors (Lipinski definition) is 0. The Morgan fingerprint density at radius 2 is 1.52 bits per heavy atom. The van der Waals surface area contributed by atoms with Crippen LogP contribution in [0.5, 0.6) is 0 Å². The van der Waals surface area contributed by atoms with Crippen LogP contribution in [0.1, 0.15) is 11.6 Å². The largest absolute Gasteiger partial charge is 0.353 e. The van der Waals surface area contributed by atoms with Gasteiger partial charge in [-0.25, -0.2) is 15.0 Å². The number of fused-ring (bicyclic) bond motifs is 1. The highest BCUT2D eigenvalue weighted by Gasteiger charge is 2.19. The van der Waals surface area contributed by atoms with E-state index < -0.39 is 0 Å². The van der Waals surface area contributed by atoms with Crippen LogP contribution in [0.25, 0.3) is 22.2 Å². The first-order valence-electron chi connectivity index (χ1n) is 10.9. The van der Waals surface area contributed by atoms with Crippen LogP contribution in [-0.4, -0.2) is 57.6 Å². The van der Waals surface area contributed by atoms with Crippen molar-refractivity contribution in [3.63, 3.8) is 0 Å². The number of anilines is 1. The SMILES string of the molecule is CN1CCN(c2nc(CCc3nc(-c4ccccc4)cn3C)nc3ccccc23)CC1. The van der Waals surface area contributed by atoms with Crippen LogP contribution in [-0.2, 0) is 19.9 Å². The molecule has 1 aliphatic heterocycles. The molecule has 0 radical (unpaired) electrons. The van der Waals surface area contributed by atoms with Crippen LogP contribution in [0, 0.1) is 0 Å². The van der Waals surface area contributed by atoms with Crippen LogP contribution in [0.15, 0.2) is 60.8 Å². The maximum atomic E-state index is 5.02. The topological polar surface area (TPSA) is 50.1 Å². The van der Waals surface area contributed by atoms with Crippen molar-refractivity contribution in [2.75, 3.05) is 38.1 Å². The van der Waals surface area contributed by atoms with Gasteiger partial charge in [0.15, 0.2) is 0 Å². The summed E-state index contributed by atoms with van der Waals surface area (Å²) in [5.74, 6) is 3.01. The van der Waals surface area contributed by atoms with E-state index in [1.165, 1.54) is 0 Å². The summed E-state index contributed by atoms with van der Waals surface area (Å²) in [6.07, 6.45) is 3.68. The molecule has 3 heterocycles. The first kappa shape index (κ1) is 19.7. The Morgan fingerprint density at radius 1 is 0.774 bits per heavy atom. The lowest BCUT2D eigenvalue weighted by Crippen LogP contribution is -2.45. The minimum atomic E-state index is 0.769. The smallest absolute Gasteiger partial charge is 0.140 e. The number of benzene rings is 2. The molecule has 0 saturated carbocycles. The molecule has 0 spiro atoms. The van der Waals surface area contributed by atoms with Crippen molar-refractivity contribution in [1.29, 1.82) is 0 Å². The van der Waals surface area contributed by atoms with E-state index in [9.17, 15) is 0 Å². The lowest BCUT2D eigenvalue weighted by molar-refractivity contribution is 0.312. The highest BCUT2D eigenvalue weighted by atomic mass is 15.3. The van der Waals surface area contributed by atoms with Gasteiger partial charge in [0.05, 0.1) is 11.2 Å². The van der Waals surface area contributed by atoms with Gasteiger partial charge in [-0.3, -0.25) is 0 Å². The zero-order valence-electron chi connectivity index (χ0n) is 18.2. The maximum absolute atomic E-state index is 5.02. The lowest BCUT2D eigenvalue weighted by Gasteiger charge is -2.33. The van der Waals surface area contributed by atoms with Gasteiger partial charge in [-0.2, -0.15) is 0 Å². The number of piperazine rings is 1. The molecule has 158 valence electrons. The number of aryl methyl sites for hydroxylation is 3. The minimum absolute atomic E-state index is 0.769. The molecule has 6 nitrogen and oxygen atoms in total. The number of likely N-dealkylation sites (N-methyl/N-ethyl adjacent to an activating group) is 1. The van der Waals surface area contributed by atoms with Crippen molar-refractivity contribution < 1.29 is 0 Å². The molecule has 0 bridgehead atoms. The molecule has 5 rings (SSSR count). The molecule has 2 aromatic heterocycles. The van der Waals surface area contributed by atoms with E-state index in [1.54, 1.807) is 0 Å². The van der Waals surface area contributed by atoms with Gasteiger partial charge in [-0.1, -0.05) is 42.5 Å². The molecular weight excluding hydrogens is 384 g/mol. The quantitative estimate of drug-likeness (QED) is 0.502. The van der Waals surface area contributed by atoms with Crippen molar-refractivity contribution in [3.8, 4) is 11.3 Å². The molecule has 0 aliphatic carbocycles. The second kappa shape index (κ2) is 8.47. The highest BCUT2D eigenvalue weighted by Crippen LogP contribution is 2.25. The minimum Gasteiger partial charge on any atom is -0.353 e. The van der Waals surface area contributed by atoms with Gasteiger partial charge < -0.3 is 14.4 Å². The summed E-state index contributed by atoms with van der Waals surface area (Å²) in [5, 5.41) is 1.14. The van der Waals surface area contributed by atoms with Crippen LogP contribution >= 0.6 is 0 Å². The number of nitrogens with zero attached hydrogens (tertiary/aromatic N) is 6. The maximum Gasteiger partial charge on any atom is 0.140 e. The second-order valence-corrected chi connectivity index (χ2v) is 8.29. The standard InChI is InChI=1S/C25H28N6/c1-29-14-16-31(17-15-29)25-20-10-6-7-11-21(20)26-23(28-25)12-13-24-27-22(18-30(24)2)19-8-4-3-5-9-19/h3-11,18H,12-17H2,1-2H3. The molecule has 4 aromatic rings. The van der Waals surface area contributed by atoms with Crippen LogP contribution in [0.4, 0.5) is 5.82 Å². The van der Waals surface area contributed by atoms with E-state index in [2.05, 4.69) is 71.1 Å². The van der Waals surface area contributed by atoms with Crippen molar-refractivity contribution in [2.24, 2.45) is 7.05 Å². The summed E-state index contributed by atoms with van der Waals surface area (Å²) in [4.78, 5) is 19.5. The number of rotatable bonds is 5. The Labute approximate surface area is 183 Å². The molecule has 6 heteroatoms. The van der Waals surface area contributed by atoms with Gasteiger partial charge in [0.25, 0.3) is 0 Å². The van der Waals surface area contributed by atoms with Gasteiger partial charge in [0.1, 0.15) is 17.5 Å². The number of aromatic nitrogens is 4. The molecule has 1 saturated heterocycles.